The van der Waals surface area contributed by atoms with E-state index < -0.39 is 147 Å². The minimum Gasteiger partial charge on any atom is -0.463 e. The minimum absolute atomic E-state index is 0.0953. The van der Waals surface area contributed by atoms with E-state index in [4.69, 9.17) is 93.5 Å². The predicted octanol–water partition coefficient (Wildman–Crippen LogP) is 5.81. The number of rotatable bonds is 29. The monoisotopic (exact) mass is 1230 g/mol. The Bertz CT molecular complexity index is 2330. The van der Waals surface area contributed by atoms with Crippen LogP contribution in [0.3, 0.4) is 0 Å². The Morgan fingerprint density at radius 1 is 0.643 bits per heavy atom. The van der Waals surface area contributed by atoms with Gasteiger partial charge in [-0.3, -0.25) is 14.9 Å². The fraction of sp³-hybridized carbons (Fsp3) is 0.714. The molecule has 6 rings (SSSR count). The lowest BCUT2D eigenvalue weighted by Crippen LogP contribution is -2.68. The summed E-state index contributed by atoms with van der Waals surface area (Å²) in [6.07, 6.45) is -20.7. The summed E-state index contributed by atoms with van der Waals surface area (Å²) in [5.41, 5.74) is -0.165. The van der Waals surface area contributed by atoms with E-state index in [0.717, 1.165) is 0 Å². The Balaban J connectivity index is 1.59. The highest BCUT2D eigenvalue weighted by Gasteiger charge is 2.68. The summed E-state index contributed by atoms with van der Waals surface area (Å²) in [4.78, 5) is 54.6. The largest absolute Gasteiger partial charge is 0.463 e. The molecule has 474 valence electrons. The van der Waals surface area contributed by atoms with Crippen LogP contribution in [0.4, 0.5) is 10.5 Å². The third-order valence-electron chi connectivity index (χ3n) is 14.6. The number of para-hydroxylation sites is 1. The van der Waals surface area contributed by atoms with E-state index >= 15 is 0 Å². The highest BCUT2D eigenvalue weighted by Crippen LogP contribution is 2.51. The highest BCUT2D eigenvalue weighted by atomic mass is 28.5. The average molecular weight is 1230 g/mol. The lowest BCUT2D eigenvalue weighted by Gasteiger charge is -2.51. The topological polar surface area (TPSA) is 285 Å². The van der Waals surface area contributed by atoms with Crippen molar-refractivity contribution < 1.29 is 118 Å². The van der Waals surface area contributed by atoms with E-state index in [1.807, 2.05) is 27.7 Å². The molecule has 14 atom stereocenters. The number of hydrogen-bond donors (Lipinski definition) is 2. The Morgan fingerprint density at radius 3 is 1.77 bits per heavy atom. The summed E-state index contributed by atoms with van der Waals surface area (Å²) in [6, 6.07) is 16.6. The zero-order valence-corrected chi connectivity index (χ0v) is 52.5. The summed E-state index contributed by atoms with van der Waals surface area (Å²) >= 11 is 0. The number of aliphatic hydroxyl groups is 1. The van der Waals surface area contributed by atoms with E-state index in [1.165, 1.54) is 42.3 Å². The number of ether oxygens (including phenoxy) is 17. The first kappa shape index (κ1) is 69.0. The first-order valence-corrected chi connectivity index (χ1v) is 32.0. The summed E-state index contributed by atoms with van der Waals surface area (Å²) in [5.74, 6) is -4.81. The maximum absolute atomic E-state index is 14.7. The molecule has 0 unspecified atom stereocenters. The van der Waals surface area contributed by atoms with Crippen molar-refractivity contribution in [3.05, 3.63) is 66.2 Å². The Hall–Kier alpha value is -4.13. The molecule has 0 aliphatic carbocycles. The third kappa shape index (κ3) is 16.9. The zero-order valence-electron chi connectivity index (χ0n) is 50.5. The summed E-state index contributed by atoms with van der Waals surface area (Å²) in [5, 5.41) is 15.1. The van der Waals surface area contributed by atoms with Gasteiger partial charge < -0.3 is 98.6 Å². The first-order chi connectivity index (χ1) is 40.1. The van der Waals surface area contributed by atoms with Crippen LogP contribution in [-0.2, 0) is 103 Å². The standard InChI is InChI=1S/C56H87NO25Si2/c1-33(2)83(34(3)4)73-27-43-46(81-84(82-83,35(5)6)36(7)8)51(78-52(61)39-21-17-15-18-22-39)56(79-43,28-69-38(10)59)80-54-49(47(71-31-65-13)44(60)41(74-54)26-68-37(9)58)76-53-50(77-55(62)57-40-23-19-16-20-24-40)48(72-32-66-14)45(70-30-64-12)42(75-53)25-67-29-63-11/h15-24,33-36,41-51,53-54,60H,25-32H2,1-14H3,(H,57,62)/t41-,42-,43-,44-,45-,46-,47+,48+,49-,50-,51+,53+,54-,56+/m1/s1. The maximum Gasteiger partial charge on any atom is 0.412 e. The number of nitrogens with one attached hydrogen (secondary N) is 1. The lowest BCUT2D eigenvalue weighted by molar-refractivity contribution is -0.414. The highest BCUT2D eigenvalue weighted by molar-refractivity contribution is 6.84. The van der Waals surface area contributed by atoms with Crippen LogP contribution in [0, 0.1) is 0 Å². The van der Waals surface area contributed by atoms with Gasteiger partial charge >= 0.3 is 41.1 Å². The molecular formula is C56H87NO25Si2. The van der Waals surface area contributed by atoms with E-state index in [1.54, 1.807) is 60.7 Å². The summed E-state index contributed by atoms with van der Waals surface area (Å²) in [7, 11) is -1.32. The van der Waals surface area contributed by atoms with E-state index in [9.17, 15) is 24.3 Å². The normalized spacial score (nSPS) is 30.3. The van der Waals surface area contributed by atoms with Crippen molar-refractivity contribution in [1.82, 2.24) is 0 Å². The van der Waals surface area contributed by atoms with Gasteiger partial charge in [0, 0.05) is 48.0 Å². The van der Waals surface area contributed by atoms with E-state index in [2.05, 4.69) is 33.0 Å². The second kappa shape index (κ2) is 32.2. The minimum atomic E-state index is -3.59. The van der Waals surface area contributed by atoms with Gasteiger partial charge in [0.25, 0.3) is 0 Å². The van der Waals surface area contributed by atoms with Crippen LogP contribution in [0.25, 0.3) is 0 Å². The molecule has 26 nitrogen and oxygen atoms in total. The van der Waals surface area contributed by atoms with Crippen LogP contribution in [0.2, 0.25) is 22.2 Å². The van der Waals surface area contributed by atoms with Gasteiger partial charge in [0.1, 0.15) is 95.3 Å². The fourth-order valence-corrected chi connectivity index (χ4v) is 21.9. The SMILES string of the molecule is COCOC[C@H]1O[C@@H](O[C@H]2[C@@H](O[C@]3(COC(C)=O)O[C@@H]4CO[Si](C(C)C)(C(C)C)O[Si](C(C)C)(C(C)C)O[C@H]4[C@@H]3OC(=O)c3ccccc3)O[C@H](COC(C)=O)[C@@H](O)[C@@H]2OCOC)[C@H](OC(=O)Nc2ccccc2)[C@@H](OCOC)[C@@H]1OCOC. The van der Waals surface area contributed by atoms with Gasteiger partial charge in [-0.1, -0.05) is 91.8 Å². The van der Waals surface area contributed by atoms with Gasteiger partial charge in [-0.15, -0.1) is 0 Å². The number of methoxy groups -OCH3 is 4. The van der Waals surface area contributed by atoms with Crippen LogP contribution in [0.5, 0.6) is 0 Å². The molecular weight excluding hydrogens is 1140 g/mol. The van der Waals surface area contributed by atoms with Crippen LogP contribution < -0.4 is 5.32 Å². The van der Waals surface area contributed by atoms with Crippen molar-refractivity contribution >= 4 is 46.8 Å². The van der Waals surface area contributed by atoms with Crippen LogP contribution in [0.15, 0.2) is 60.7 Å². The molecule has 2 aromatic rings. The second-order valence-electron chi connectivity index (χ2n) is 21.8. The molecule has 28 heteroatoms. The molecule has 4 fully saturated rings. The number of hydrogen-bond acceptors (Lipinski definition) is 25. The van der Waals surface area contributed by atoms with Gasteiger partial charge in [-0.25, -0.2) is 9.59 Å². The fourth-order valence-electron chi connectivity index (χ4n) is 10.7. The van der Waals surface area contributed by atoms with Crippen molar-refractivity contribution in [2.45, 2.75) is 177 Å². The van der Waals surface area contributed by atoms with Gasteiger partial charge in [0.2, 0.25) is 5.79 Å². The number of carbonyl (C=O) groups excluding carboxylic acids is 4. The molecule has 1 amide bonds. The van der Waals surface area contributed by atoms with Gasteiger partial charge in [0.15, 0.2) is 24.8 Å². The number of carbonyl (C=O) groups is 4. The van der Waals surface area contributed by atoms with Crippen molar-refractivity contribution in [3.63, 3.8) is 0 Å². The molecule has 2 aromatic carbocycles. The smallest absolute Gasteiger partial charge is 0.412 e. The number of aliphatic hydroxyl groups excluding tert-OH is 1. The Morgan fingerprint density at radius 2 is 1.20 bits per heavy atom. The maximum atomic E-state index is 14.7. The second-order valence-corrected chi connectivity index (χ2v) is 30.7. The van der Waals surface area contributed by atoms with Crippen LogP contribution in [-0.4, -0.2) is 214 Å². The van der Waals surface area contributed by atoms with Crippen molar-refractivity contribution in [2.24, 2.45) is 0 Å². The van der Waals surface area contributed by atoms with Crippen LogP contribution >= 0.6 is 0 Å². The number of amides is 1. The van der Waals surface area contributed by atoms with Gasteiger partial charge in [-0.05, 0) is 46.4 Å². The molecule has 0 spiro atoms. The Kier molecular flexibility index (Phi) is 26.4. The van der Waals surface area contributed by atoms with Crippen molar-refractivity contribution in [3.8, 4) is 0 Å². The van der Waals surface area contributed by atoms with E-state index in [-0.39, 0.29) is 61.3 Å². The number of anilines is 1. The molecule has 84 heavy (non-hydrogen) atoms. The molecule has 0 saturated carbocycles. The summed E-state index contributed by atoms with van der Waals surface area (Å²) in [6.45, 7) is 15.4. The first-order valence-electron chi connectivity index (χ1n) is 28.1. The van der Waals surface area contributed by atoms with Gasteiger partial charge in [-0.2, -0.15) is 0 Å². The number of benzene rings is 2. The molecule has 0 aromatic heterocycles. The van der Waals surface area contributed by atoms with E-state index in [0.29, 0.717) is 5.69 Å². The number of fused-ring (bicyclic) bond motifs is 1. The molecule has 4 saturated heterocycles. The lowest BCUT2D eigenvalue weighted by atomic mass is 9.96. The molecule has 2 N–H and O–H groups in total. The van der Waals surface area contributed by atoms with Crippen molar-refractivity contribution in [1.29, 1.82) is 0 Å². The van der Waals surface area contributed by atoms with Gasteiger partial charge in [0.05, 0.1) is 18.8 Å². The van der Waals surface area contributed by atoms with Crippen molar-refractivity contribution in [2.75, 3.05) is 87.4 Å². The summed E-state index contributed by atoms with van der Waals surface area (Å²) < 4.78 is 127. The average Bonchev–Trinajstić information content (AvgIpc) is 2.48. The zero-order chi connectivity index (χ0) is 61.4. The molecule has 4 aliphatic heterocycles. The molecule has 4 aliphatic rings. The third-order valence-corrected chi connectivity index (χ3v) is 24.9. The number of esters is 3. The Labute approximate surface area is 493 Å². The van der Waals surface area contributed by atoms with Crippen LogP contribution in [0.1, 0.15) is 79.6 Å². The molecule has 0 bridgehead atoms. The molecule has 4 heterocycles. The quantitative estimate of drug-likeness (QED) is 0.0319. The predicted molar refractivity (Wildman–Crippen MR) is 298 cm³/mol. The molecule has 0 radical (unpaired) electrons.